The molecule has 0 saturated carbocycles. The molecule has 0 spiro atoms. The molecule has 0 aromatic carbocycles. The molecule has 0 radical (unpaired) electrons. The van der Waals surface area contributed by atoms with E-state index in [0.29, 0.717) is 17.7 Å². The third kappa shape index (κ3) is 1.33. The van der Waals surface area contributed by atoms with E-state index in [4.69, 9.17) is 14.6 Å². The van der Waals surface area contributed by atoms with Gasteiger partial charge < -0.3 is 14.6 Å². The second-order valence-electron chi connectivity index (χ2n) is 2.38. The molecule has 1 aromatic heterocycles. The fourth-order valence-corrected chi connectivity index (χ4v) is 1.07. The van der Waals surface area contributed by atoms with Crippen molar-refractivity contribution in [3.05, 3.63) is 23.2 Å². The van der Waals surface area contributed by atoms with Gasteiger partial charge in [0.05, 0.1) is 12.9 Å². The van der Waals surface area contributed by atoms with E-state index < -0.39 is 5.97 Å². The largest absolute Gasteiger partial charge is 0.478 e. The molecule has 0 amide bonds. The first-order valence-corrected chi connectivity index (χ1v) is 3.64. The molecule has 12 heavy (non-hydrogen) atoms. The summed E-state index contributed by atoms with van der Waals surface area (Å²) in [5.41, 5.74) is 0.430. The molecule has 1 aromatic rings. The molecule has 1 rings (SSSR count). The SMILES string of the molecule is CCc1occ(CO)c1C(=O)O. The Balaban J connectivity index is 3.16. The van der Waals surface area contributed by atoms with Crippen molar-refractivity contribution in [2.24, 2.45) is 0 Å². The summed E-state index contributed by atoms with van der Waals surface area (Å²) in [7, 11) is 0. The van der Waals surface area contributed by atoms with E-state index in [1.807, 2.05) is 0 Å². The average Bonchev–Trinajstić information content (AvgIpc) is 2.46. The average molecular weight is 170 g/mol. The number of hydrogen-bond acceptors (Lipinski definition) is 3. The molecule has 0 aliphatic rings. The number of hydrogen-bond donors (Lipinski definition) is 2. The number of carboxylic acid groups (broad SMARTS) is 1. The van der Waals surface area contributed by atoms with E-state index in [0.717, 1.165) is 0 Å². The van der Waals surface area contributed by atoms with Gasteiger partial charge in [-0.25, -0.2) is 4.79 Å². The standard InChI is InChI=1S/C8H10O4/c1-2-6-7(8(10)11)5(3-9)4-12-6/h4,9H,2-3H2,1H3,(H,10,11). The van der Waals surface area contributed by atoms with Crippen LogP contribution in [0.15, 0.2) is 10.7 Å². The number of furan rings is 1. The number of carboxylic acids is 1. The van der Waals surface area contributed by atoms with Crippen molar-refractivity contribution in [2.45, 2.75) is 20.0 Å². The third-order valence-corrected chi connectivity index (χ3v) is 1.65. The van der Waals surface area contributed by atoms with E-state index in [-0.39, 0.29) is 12.2 Å². The van der Waals surface area contributed by atoms with Crippen molar-refractivity contribution in [2.75, 3.05) is 0 Å². The molecule has 0 unspecified atom stereocenters. The molecule has 0 fully saturated rings. The third-order valence-electron chi connectivity index (χ3n) is 1.65. The molecule has 66 valence electrons. The predicted molar refractivity (Wildman–Crippen MR) is 41.0 cm³/mol. The molecule has 0 aliphatic heterocycles. The normalized spacial score (nSPS) is 10.2. The van der Waals surface area contributed by atoms with E-state index >= 15 is 0 Å². The van der Waals surface area contributed by atoms with Gasteiger partial charge in [0.25, 0.3) is 0 Å². The van der Waals surface area contributed by atoms with E-state index in [1.165, 1.54) is 6.26 Å². The quantitative estimate of drug-likeness (QED) is 0.710. The van der Waals surface area contributed by atoms with E-state index in [2.05, 4.69) is 0 Å². The Labute approximate surface area is 69.4 Å². The molecular formula is C8H10O4. The van der Waals surface area contributed by atoms with E-state index in [1.54, 1.807) is 6.92 Å². The van der Waals surface area contributed by atoms with Crippen LogP contribution < -0.4 is 0 Å². The lowest BCUT2D eigenvalue weighted by Crippen LogP contribution is -2.02. The molecule has 4 nitrogen and oxygen atoms in total. The highest BCUT2D eigenvalue weighted by molar-refractivity contribution is 5.90. The maximum Gasteiger partial charge on any atom is 0.339 e. The van der Waals surface area contributed by atoms with Gasteiger partial charge in [-0.05, 0) is 0 Å². The van der Waals surface area contributed by atoms with Crippen molar-refractivity contribution < 1.29 is 19.4 Å². The first kappa shape index (κ1) is 8.80. The summed E-state index contributed by atoms with van der Waals surface area (Å²) in [4.78, 5) is 10.7. The lowest BCUT2D eigenvalue weighted by molar-refractivity contribution is 0.0691. The minimum atomic E-state index is -1.05. The van der Waals surface area contributed by atoms with Gasteiger partial charge >= 0.3 is 5.97 Å². The summed E-state index contributed by atoms with van der Waals surface area (Å²) in [6.07, 6.45) is 1.80. The van der Waals surface area contributed by atoms with Crippen LogP contribution in [0.25, 0.3) is 0 Å². The number of aryl methyl sites for hydroxylation is 1. The van der Waals surface area contributed by atoms with Gasteiger partial charge in [-0.2, -0.15) is 0 Å². The predicted octanol–water partition coefficient (Wildman–Crippen LogP) is 1.03. The zero-order chi connectivity index (χ0) is 9.14. The molecule has 4 heteroatoms. The molecule has 1 heterocycles. The Kier molecular flexibility index (Phi) is 2.50. The molecule has 2 N–H and O–H groups in total. The van der Waals surface area contributed by atoms with Gasteiger partial charge in [-0.15, -0.1) is 0 Å². The Hall–Kier alpha value is -1.29. The number of aromatic carboxylic acids is 1. The molecule has 0 aliphatic carbocycles. The van der Waals surface area contributed by atoms with Crippen LogP contribution in [-0.4, -0.2) is 16.2 Å². The monoisotopic (exact) mass is 170 g/mol. The van der Waals surface area contributed by atoms with Gasteiger partial charge in [-0.1, -0.05) is 6.92 Å². The molecule has 0 bridgehead atoms. The molecule has 0 atom stereocenters. The van der Waals surface area contributed by atoms with Crippen molar-refractivity contribution >= 4 is 5.97 Å². The number of carbonyl (C=O) groups is 1. The van der Waals surface area contributed by atoms with Crippen molar-refractivity contribution in [1.29, 1.82) is 0 Å². The molecular weight excluding hydrogens is 160 g/mol. The van der Waals surface area contributed by atoms with Crippen LogP contribution in [0.2, 0.25) is 0 Å². The zero-order valence-corrected chi connectivity index (χ0v) is 6.70. The molecule has 0 saturated heterocycles. The fourth-order valence-electron chi connectivity index (χ4n) is 1.07. The Morgan fingerprint density at radius 3 is 2.75 bits per heavy atom. The van der Waals surface area contributed by atoms with Gasteiger partial charge in [0.1, 0.15) is 11.3 Å². The summed E-state index contributed by atoms with van der Waals surface area (Å²) in [6, 6.07) is 0. The Morgan fingerprint density at radius 1 is 1.67 bits per heavy atom. The van der Waals surface area contributed by atoms with Crippen LogP contribution in [0.4, 0.5) is 0 Å². The smallest absolute Gasteiger partial charge is 0.339 e. The summed E-state index contributed by atoms with van der Waals surface area (Å²) in [5.74, 6) is -0.642. The highest BCUT2D eigenvalue weighted by atomic mass is 16.4. The van der Waals surface area contributed by atoms with Crippen LogP contribution in [-0.2, 0) is 13.0 Å². The minimum absolute atomic E-state index is 0.0972. The maximum absolute atomic E-state index is 10.7. The highest BCUT2D eigenvalue weighted by Gasteiger charge is 2.17. The first-order chi connectivity index (χ1) is 5.70. The van der Waals surface area contributed by atoms with Gasteiger partial charge in [0.2, 0.25) is 0 Å². The number of aliphatic hydroxyl groups is 1. The lowest BCUT2D eigenvalue weighted by Gasteiger charge is -1.94. The van der Waals surface area contributed by atoms with Crippen molar-refractivity contribution in [3.63, 3.8) is 0 Å². The van der Waals surface area contributed by atoms with Gasteiger partial charge in [0.15, 0.2) is 0 Å². The number of rotatable bonds is 3. The minimum Gasteiger partial charge on any atom is -0.478 e. The van der Waals surface area contributed by atoms with Crippen LogP contribution in [0.5, 0.6) is 0 Å². The maximum atomic E-state index is 10.7. The Morgan fingerprint density at radius 2 is 2.33 bits per heavy atom. The fraction of sp³-hybridized carbons (Fsp3) is 0.375. The first-order valence-electron chi connectivity index (χ1n) is 3.64. The topological polar surface area (TPSA) is 70.7 Å². The van der Waals surface area contributed by atoms with Crippen molar-refractivity contribution in [1.82, 2.24) is 0 Å². The van der Waals surface area contributed by atoms with Gasteiger partial charge in [-0.3, -0.25) is 0 Å². The van der Waals surface area contributed by atoms with Crippen LogP contribution in [0, 0.1) is 0 Å². The van der Waals surface area contributed by atoms with Crippen LogP contribution in [0.3, 0.4) is 0 Å². The summed E-state index contributed by atoms with van der Waals surface area (Å²) >= 11 is 0. The van der Waals surface area contributed by atoms with Crippen LogP contribution in [0.1, 0.15) is 28.6 Å². The highest BCUT2D eigenvalue weighted by Crippen LogP contribution is 2.17. The zero-order valence-electron chi connectivity index (χ0n) is 6.70. The van der Waals surface area contributed by atoms with Crippen molar-refractivity contribution in [3.8, 4) is 0 Å². The number of aliphatic hydroxyl groups excluding tert-OH is 1. The van der Waals surface area contributed by atoms with Crippen LogP contribution >= 0.6 is 0 Å². The van der Waals surface area contributed by atoms with E-state index in [9.17, 15) is 4.79 Å². The summed E-state index contributed by atoms with van der Waals surface area (Å²) in [6.45, 7) is 1.50. The second-order valence-corrected chi connectivity index (χ2v) is 2.38. The summed E-state index contributed by atoms with van der Waals surface area (Å²) in [5, 5.41) is 17.5. The Bertz CT molecular complexity index is 266. The summed E-state index contributed by atoms with van der Waals surface area (Å²) < 4.78 is 4.96. The second kappa shape index (κ2) is 3.40. The van der Waals surface area contributed by atoms with Gasteiger partial charge in [0, 0.05) is 12.0 Å². The lowest BCUT2D eigenvalue weighted by atomic mass is 10.1.